The molecule has 1 saturated heterocycles. The Morgan fingerprint density at radius 1 is 1.11 bits per heavy atom. The quantitative estimate of drug-likeness (QED) is 0.158. The second-order valence-corrected chi connectivity index (χ2v) is 14.7. The van der Waals surface area contributed by atoms with E-state index in [1.54, 1.807) is 38.3 Å². The first-order valence-corrected chi connectivity index (χ1v) is 15.9. The van der Waals surface area contributed by atoms with Gasteiger partial charge in [-0.15, -0.1) is 11.3 Å². The van der Waals surface area contributed by atoms with Crippen molar-refractivity contribution in [2.45, 2.75) is 114 Å². The van der Waals surface area contributed by atoms with Gasteiger partial charge in [-0.1, -0.05) is 26.8 Å². The minimum atomic E-state index is -2.16. The van der Waals surface area contributed by atoms with Gasteiger partial charge in [0.25, 0.3) is 0 Å². The highest BCUT2D eigenvalue weighted by atomic mass is 32.1. The van der Waals surface area contributed by atoms with Crippen LogP contribution in [0.4, 0.5) is 0 Å². The molecule has 1 aromatic rings. The average molecular weight is 654 g/mol. The summed E-state index contributed by atoms with van der Waals surface area (Å²) >= 11 is 1.21. The van der Waals surface area contributed by atoms with E-state index in [2.05, 4.69) is 5.32 Å². The molecule has 12 atom stereocenters. The Kier molecular flexibility index (Phi) is 8.57. The number of aliphatic hydroxyl groups excluding tert-OH is 4. The van der Waals surface area contributed by atoms with Crippen LogP contribution in [0.2, 0.25) is 0 Å². The number of esters is 2. The lowest BCUT2D eigenvalue weighted by Gasteiger charge is -2.68. The molecule has 2 saturated carbocycles. The summed E-state index contributed by atoms with van der Waals surface area (Å²) in [5.74, 6) is -3.78. The first-order chi connectivity index (χ1) is 20.8. The van der Waals surface area contributed by atoms with Crippen molar-refractivity contribution in [2.75, 3.05) is 6.61 Å². The zero-order valence-electron chi connectivity index (χ0n) is 26.1. The minimum absolute atomic E-state index is 0.0717. The van der Waals surface area contributed by atoms with E-state index in [4.69, 9.17) is 14.2 Å². The third kappa shape index (κ3) is 4.96. The fourth-order valence-electron chi connectivity index (χ4n) is 8.36. The van der Waals surface area contributed by atoms with E-state index in [1.165, 1.54) is 25.2 Å². The van der Waals surface area contributed by atoms with Gasteiger partial charge in [-0.3, -0.25) is 9.59 Å². The lowest BCUT2D eigenvalue weighted by atomic mass is 9.44. The Morgan fingerprint density at radius 3 is 2.31 bits per heavy atom. The summed E-state index contributed by atoms with van der Waals surface area (Å²) in [6, 6.07) is 2.20. The number of carbonyl (C=O) groups is 3. The zero-order valence-corrected chi connectivity index (χ0v) is 26.9. The van der Waals surface area contributed by atoms with E-state index >= 15 is 0 Å². The maximum atomic E-state index is 13.5. The van der Waals surface area contributed by atoms with Crippen molar-refractivity contribution >= 4 is 29.2 Å². The first kappa shape index (κ1) is 33.9. The lowest BCUT2D eigenvalue weighted by molar-refractivity contribution is -0.365. The van der Waals surface area contributed by atoms with Crippen LogP contribution in [0.5, 0.6) is 0 Å². The molecular formula is C31H43NO12S. The molecule has 0 aromatic carbocycles. The Hall–Kier alpha value is -2.43. The number of ether oxygens (including phenoxy) is 3. The molecule has 7 N–H and O–H groups in total. The SMILES string of the molecule is CC(=O)N[C@@H](c1cccs1)[C@@H](O)C(=O)O[C@H]1C[C@@]2(O)[C@@H](OC(C)=O)[C@@H]3[C@]4(O)CO[C@@H]4C[C@H](O)[C@@]3(C)[C@H](O)[C@H](O)C(=C1C)C2(C)C. The highest BCUT2D eigenvalue weighted by Crippen LogP contribution is 2.64. The molecule has 2 heterocycles. The molecule has 5 rings (SSSR count). The van der Waals surface area contributed by atoms with Crippen LogP contribution in [0.3, 0.4) is 0 Å². The first-order valence-electron chi connectivity index (χ1n) is 15.0. The van der Waals surface area contributed by atoms with Gasteiger partial charge >= 0.3 is 11.9 Å². The third-order valence-electron chi connectivity index (χ3n) is 10.9. The summed E-state index contributed by atoms with van der Waals surface area (Å²) in [5, 5.41) is 75.2. The molecule has 1 amide bonds. The predicted molar refractivity (Wildman–Crippen MR) is 157 cm³/mol. The van der Waals surface area contributed by atoms with Gasteiger partial charge in [0.1, 0.15) is 35.6 Å². The predicted octanol–water partition coefficient (Wildman–Crippen LogP) is -0.140. The molecule has 14 heteroatoms. The van der Waals surface area contributed by atoms with Crippen molar-refractivity contribution < 1.29 is 59.2 Å². The van der Waals surface area contributed by atoms with Gasteiger partial charge in [-0.05, 0) is 29.5 Å². The van der Waals surface area contributed by atoms with Crippen molar-refractivity contribution in [1.29, 1.82) is 0 Å². The number of amides is 1. The standard InChI is InChI=1S/C31H43NO12S/c1-13-16(44-27(39)23(37)21(32-14(2)33)17-8-7-9-45-17)11-31(41)26(43-15(3)34)24-29(6,18(35)10-19-30(24,40)12-42-19)25(38)22(36)20(13)28(31,4)5/h7-9,16,18-19,21-26,35-38,40-41H,10-12H2,1-6H3,(H,32,33)/t16-,18-,19+,21-,22+,23+,24-,25+,26-,29+,30-,31+/m0/s1. The molecule has 4 aliphatic rings. The molecular weight excluding hydrogens is 610 g/mol. The van der Waals surface area contributed by atoms with Gasteiger partial charge in [-0.25, -0.2) is 4.79 Å². The average Bonchev–Trinajstić information content (AvgIpc) is 3.48. The third-order valence-corrected chi connectivity index (χ3v) is 11.9. The van der Waals surface area contributed by atoms with Gasteiger partial charge in [0, 0.05) is 48.3 Å². The number of carbonyl (C=O) groups excluding carboxylic acids is 3. The van der Waals surface area contributed by atoms with Crippen LogP contribution in [0.25, 0.3) is 0 Å². The van der Waals surface area contributed by atoms with E-state index in [0.29, 0.717) is 4.88 Å². The lowest BCUT2D eigenvalue weighted by Crippen LogP contribution is -2.81. The highest BCUT2D eigenvalue weighted by molar-refractivity contribution is 7.10. The van der Waals surface area contributed by atoms with Crippen LogP contribution >= 0.6 is 11.3 Å². The molecule has 250 valence electrons. The van der Waals surface area contributed by atoms with Crippen LogP contribution in [0.1, 0.15) is 65.3 Å². The van der Waals surface area contributed by atoms with Crippen LogP contribution in [0.15, 0.2) is 28.7 Å². The normalized spacial score (nSPS) is 41.6. The molecule has 45 heavy (non-hydrogen) atoms. The number of thiophene rings is 1. The van der Waals surface area contributed by atoms with Crippen molar-refractivity contribution in [2.24, 2.45) is 16.7 Å². The van der Waals surface area contributed by atoms with E-state index in [-0.39, 0.29) is 24.2 Å². The van der Waals surface area contributed by atoms with Crippen LogP contribution in [-0.2, 0) is 28.6 Å². The Bertz CT molecular complexity index is 1380. The molecule has 1 aromatic heterocycles. The topological polar surface area (TPSA) is 212 Å². The molecule has 2 bridgehead atoms. The number of aliphatic hydroxyl groups is 6. The number of fused-ring (bicyclic) bond motifs is 5. The van der Waals surface area contributed by atoms with Crippen LogP contribution in [-0.4, -0.2) is 109 Å². The smallest absolute Gasteiger partial charge is 0.338 e. The Labute approximate surface area is 264 Å². The van der Waals surface area contributed by atoms with Gasteiger partial charge in [0.15, 0.2) is 6.10 Å². The largest absolute Gasteiger partial charge is 0.459 e. The van der Waals surface area contributed by atoms with Gasteiger partial charge in [-0.2, -0.15) is 0 Å². The number of hydrogen-bond donors (Lipinski definition) is 7. The van der Waals surface area contributed by atoms with Crippen molar-refractivity contribution in [3.8, 4) is 0 Å². The summed E-state index contributed by atoms with van der Waals surface area (Å²) < 4.78 is 17.2. The summed E-state index contributed by atoms with van der Waals surface area (Å²) in [7, 11) is 0. The summed E-state index contributed by atoms with van der Waals surface area (Å²) in [5.41, 5.74) is -6.69. The second kappa shape index (κ2) is 11.4. The molecule has 1 aliphatic heterocycles. The molecule has 0 radical (unpaired) electrons. The van der Waals surface area contributed by atoms with Crippen LogP contribution < -0.4 is 5.32 Å². The maximum Gasteiger partial charge on any atom is 0.338 e. The van der Waals surface area contributed by atoms with E-state index in [0.717, 1.165) is 6.92 Å². The van der Waals surface area contributed by atoms with Crippen LogP contribution in [0, 0.1) is 16.7 Å². The molecule has 0 spiro atoms. The van der Waals surface area contributed by atoms with Crippen molar-refractivity contribution in [3.05, 3.63) is 33.5 Å². The summed E-state index contributed by atoms with van der Waals surface area (Å²) in [4.78, 5) is 38.5. The highest BCUT2D eigenvalue weighted by Gasteiger charge is 2.76. The van der Waals surface area contributed by atoms with E-state index < -0.39 is 101 Å². The molecule has 3 fully saturated rings. The molecule has 13 nitrogen and oxygen atoms in total. The zero-order chi connectivity index (χ0) is 33.4. The van der Waals surface area contributed by atoms with Crippen molar-refractivity contribution in [1.82, 2.24) is 5.32 Å². The minimum Gasteiger partial charge on any atom is -0.459 e. The van der Waals surface area contributed by atoms with Gasteiger partial charge in [0.2, 0.25) is 5.91 Å². The summed E-state index contributed by atoms with van der Waals surface area (Å²) in [6.45, 7) is 8.36. The fraction of sp³-hybridized carbons (Fsp3) is 0.710. The second-order valence-electron chi connectivity index (χ2n) is 13.7. The number of rotatable bonds is 6. The van der Waals surface area contributed by atoms with Gasteiger partial charge < -0.3 is 50.2 Å². The summed E-state index contributed by atoms with van der Waals surface area (Å²) in [6.07, 6.45) is -10.9. The van der Waals surface area contributed by atoms with Gasteiger partial charge in [0.05, 0.1) is 24.9 Å². The maximum absolute atomic E-state index is 13.5. The fourth-order valence-corrected chi connectivity index (χ4v) is 9.16. The monoisotopic (exact) mass is 653 g/mol. The van der Waals surface area contributed by atoms with E-state index in [1.807, 2.05) is 0 Å². The van der Waals surface area contributed by atoms with E-state index in [9.17, 15) is 45.0 Å². The molecule has 0 unspecified atom stereocenters. The molecule has 3 aliphatic carbocycles. The number of nitrogens with one attached hydrogen (secondary N) is 1. The Morgan fingerprint density at radius 2 is 1.78 bits per heavy atom. The van der Waals surface area contributed by atoms with Crippen molar-refractivity contribution in [3.63, 3.8) is 0 Å². The Balaban J connectivity index is 1.63. The number of hydrogen-bond acceptors (Lipinski definition) is 13.